The fourth-order valence-corrected chi connectivity index (χ4v) is 1.56. The van der Waals surface area contributed by atoms with Gasteiger partial charge < -0.3 is 10.8 Å². The predicted octanol–water partition coefficient (Wildman–Crippen LogP) is 1.31. The molecule has 2 aromatic heterocycles. The van der Waals surface area contributed by atoms with Crippen molar-refractivity contribution in [1.29, 1.82) is 0 Å². The van der Waals surface area contributed by atoms with E-state index in [1.165, 1.54) is 10.9 Å². The van der Waals surface area contributed by atoms with Crippen molar-refractivity contribution in [3.05, 3.63) is 34.6 Å². The number of carboxylic acids is 1. The van der Waals surface area contributed by atoms with Gasteiger partial charge in [0.1, 0.15) is 16.0 Å². The Labute approximate surface area is 98.8 Å². The van der Waals surface area contributed by atoms with Crippen molar-refractivity contribution >= 4 is 27.7 Å². The molecule has 0 aliphatic rings. The smallest absolute Gasteiger partial charge is 0.341 e. The van der Waals surface area contributed by atoms with Crippen molar-refractivity contribution < 1.29 is 9.90 Å². The van der Waals surface area contributed by atoms with Crippen molar-refractivity contribution in [1.82, 2.24) is 14.8 Å². The van der Waals surface area contributed by atoms with Crippen molar-refractivity contribution in [3.63, 3.8) is 0 Å². The molecule has 2 aromatic rings. The Hall–Kier alpha value is -1.89. The highest BCUT2D eigenvalue weighted by Crippen LogP contribution is 2.17. The third-order valence-electron chi connectivity index (χ3n) is 1.95. The number of aromatic nitrogens is 3. The summed E-state index contributed by atoms with van der Waals surface area (Å²) in [6, 6.07) is 5.19. The molecule has 0 aliphatic heterocycles. The number of aromatic carboxylic acids is 1. The molecule has 0 bridgehead atoms. The van der Waals surface area contributed by atoms with Gasteiger partial charge in [0.05, 0.1) is 6.20 Å². The number of pyridine rings is 1. The van der Waals surface area contributed by atoms with E-state index >= 15 is 0 Å². The van der Waals surface area contributed by atoms with Gasteiger partial charge in [-0.05, 0) is 28.1 Å². The Bertz CT molecular complexity index is 552. The molecule has 0 radical (unpaired) electrons. The molecule has 2 heterocycles. The number of anilines is 1. The van der Waals surface area contributed by atoms with Gasteiger partial charge in [0.15, 0.2) is 5.82 Å². The number of nitrogens with zero attached hydrogens (tertiary/aromatic N) is 3. The number of nitrogens with two attached hydrogens (primary N) is 1. The lowest BCUT2D eigenvalue weighted by Crippen LogP contribution is -2.07. The molecule has 6 nitrogen and oxygen atoms in total. The van der Waals surface area contributed by atoms with Crippen LogP contribution in [0.25, 0.3) is 5.82 Å². The van der Waals surface area contributed by atoms with Crippen LogP contribution in [0.15, 0.2) is 29.0 Å². The summed E-state index contributed by atoms with van der Waals surface area (Å²) < 4.78 is 1.89. The van der Waals surface area contributed by atoms with Crippen LogP contribution in [0.2, 0.25) is 0 Å². The maximum atomic E-state index is 10.8. The van der Waals surface area contributed by atoms with E-state index in [1.807, 2.05) is 0 Å². The Morgan fingerprint density at radius 3 is 2.81 bits per heavy atom. The number of nitrogen functional groups attached to an aromatic ring is 1. The van der Waals surface area contributed by atoms with Gasteiger partial charge in [-0.3, -0.25) is 0 Å². The van der Waals surface area contributed by atoms with Crippen LogP contribution in [0.3, 0.4) is 0 Å². The van der Waals surface area contributed by atoms with E-state index in [0.29, 0.717) is 10.4 Å². The second kappa shape index (κ2) is 3.93. The fourth-order valence-electron chi connectivity index (χ4n) is 1.22. The molecule has 16 heavy (non-hydrogen) atoms. The summed E-state index contributed by atoms with van der Waals surface area (Å²) in [4.78, 5) is 14.9. The first-order valence-corrected chi connectivity index (χ1v) is 5.08. The topological polar surface area (TPSA) is 94.0 Å². The summed E-state index contributed by atoms with van der Waals surface area (Å²) in [6.45, 7) is 0. The maximum Gasteiger partial charge on any atom is 0.341 e. The average Bonchev–Trinajstić information content (AvgIpc) is 2.60. The van der Waals surface area contributed by atoms with Gasteiger partial charge in [0, 0.05) is 0 Å². The third-order valence-corrected chi connectivity index (χ3v) is 2.40. The lowest BCUT2D eigenvalue weighted by Gasteiger charge is -2.03. The highest BCUT2D eigenvalue weighted by molar-refractivity contribution is 9.10. The van der Waals surface area contributed by atoms with E-state index in [2.05, 4.69) is 26.0 Å². The van der Waals surface area contributed by atoms with Crippen LogP contribution in [-0.2, 0) is 0 Å². The molecule has 82 valence electrons. The van der Waals surface area contributed by atoms with Crippen LogP contribution < -0.4 is 5.73 Å². The number of hydrogen-bond donors (Lipinski definition) is 2. The minimum absolute atomic E-state index is 0.0400. The summed E-state index contributed by atoms with van der Waals surface area (Å²) in [6.07, 6.45) is 1.19. The Morgan fingerprint density at radius 1 is 1.50 bits per heavy atom. The van der Waals surface area contributed by atoms with Crippen molar-refractivity contribution in [2.24, 2.45) is 0 Å². The molecule has 0 spiro atoms. The van der Waals surface area contributed by atoms with E-state index in [9.17, 15) is 4.79 Å². The van der Waals surface area contributed by atoms with Gasteiger partial charge in [0.2, 0.25) is 0 Å². The van der Waals surface area contributed by atoms with Gasteiger partial charge in [0.25, 0.3) is 0 Å². The predicted molar refractivity (Wildman–Crippen MR) is 60.4 cm³/mol. The second-order valence-electron chi connectivity index (χ2n) is 2.98. The first-order chi connectivity index (χ1) is 7.59. The molecule has 0 amide bonds. The fraction of sp³-hybridized carbons (Fsp3) is 0. The minimum Gasteiger partial charge on any atom is -0.477 e. The standard InChI is InChI=1S/C9H7BrN4O2/c10-6-2-1-3-7(13-6)14-8(11)5(4-12-14)9(15)16/h1-4H,11H2,(H,15,16). The van der Waals surface area contributed by atoms with Gasteiger partial charge in [-0.2, -0.15) is 9.78 Å². The van der Waals surface area contributed by atoms with Crippen molar-refractivity contribution in [2.45, 2.75) is 0 Å². The highest BCUT2D eigenvalue weighted by atomic mass is 79.9. The molecular formula is C9H7BrN4O2. The van der Waals surface area contributed by atoms with E-state index in [1.54, 1.807) is 18.2 Å². The van der Waals surface area contributed by atoms with Crippen LogP contribution in [-0.4, -0.2) is 25.8 Å². The molecule has 0 saturated heterocycles. The molecule has 2 rings (SSSR count). The molecule has 0 saturated carbocycles. The van der Waals surface area contributed by atoms with E-state index in [0.717, 1.165) is 0 Å². The number of carbonyl (C=O) groups is 1. The van der Waals surface area contributed by atoms with E-state index in [-0.39, 0.29) is 11.4 Å². The summed E-state index contributed by atoms with van der Waals surface area (Å²) >= 11 is 3.21. The van der Waals surface area contributed by atoms with Gasteiger partial charge >= 0.3 is 5.97 Å². The number of carboxylic acid groups (broad SMARTS) is 1. The second-order valence-corrected chi connectivity index (χ2v) is 3.79. The average molecular weight is 283 g/mol. The third kappa shape index (κ3) is 1.76. The van der Waals surface area contributed by atoms with E-state index in [4.69, 9.17) is 10.8 Å². The van der Waals surface area contributed by atoms with Crippen LogP contribution in [0.5, 0.6) is 0 Å². The Balaban J connectivity index is 2.53. The molecule has 3 N–H and O–H groups in total. The molecule has 0 atom stereocenters. The molecule has 0 fully saturated rings. The summed E-state index contributed by atoms with van der Waals surface area (Å²) in [5.41, 5.74) is 5.61. The van der Waals surface area contributed by atoms with Crippen LogP contribution in [0.4, 0.5) is 5.82 Å². The first-order valence-electron chi connectivity index (χ1n) is 4.29. The summed E-state index contributed by atoms with van der Waals surface area (Å²) in [5, 5.41) is 12.7. The molecule has 7 heteroatoms. The molecule has 0 aliphatic carbocycles. The summed E-state index contributed by atoms with van der Waals surface area (Å²) in [5.74, 6) is -0.601. The summed E-state index contributed by atoms with van der Waals surface area (Å²) in [7, 11) is 0. The lowest BCUT2D eigenvalue weighted by atomic mass is 10.3. The maximum absolute atomic E-state index is 10.8. The number of rotatable bonds is 2. The molecule has 0 unspecified atom stereocenters. The van der Waals surface area contributed by atoms with Gasteiger partial charge in [-0.1, -0.05) is 6.07 Å². The van der Waals surface area contributed by atoms with Gasteiger partial charge in [-0.25, -0.2) is 9.78 Å². The SMILES string of the molecule is Nc1c(C(=O)O)cnn1-c1cccc(Br)n1. The van der Waals surface area contributed by atoms with Crippen molar-refractivity contribution in [2.75, 3.05) is 5.73 Å². The molecule has 0 aromatic carbocycles. The Morgan fingerprint density at radius 2 is 2.25 bits per heavy atom. The quantitative estimate of drug-likeness (QED) is 0.810. The highest BCUT2D eigenvalue weighted by Gasteiger charge is 2.15. The van der Waals surface area contributed by atoms with Crippen LogP contribution in [0, 0.1) is 0 Å². The minimum atomic E-state index is -1.11. The number of halogens is 1. The largest absolute Gasteiger partial charge is 0.477 e. The zero-order valence-electron chi connectivity index (χ0n) is 7.96. The molecular weight excluding hydrogens is 276 g/mol. The zero-order valence-corrected chi connectivity index (χ0v) is 9.55. The van der Waals surface area contributed by atoms with E-state index < -0.39 is 5.97 Å². The number of hydrogen-bond acceptors (Lipinski definition) is 4. The Kier molecular flexibility index (Phi) is 2.61. The first kappa shape index (κ1) is 10.6. The monoisotopic (exact) mass is 282 g/mol. The van der Waals surface area contributed by atoms with Crippen LogP contribution in [0.1, 0.15) is 10.4 Å². The van der Waals surface area contributed by atoms with Gasteiger partial charge in [-0.15, -0.1) is 0 Å². The normalized spacial score (nSPS) is 10.3. The van der Waals surface area contributed by atoms with Crippen molar-refractivity contribution in [3.8, 4) is 5.82 Å². The lowest BCUT2D eigenvalue weighted by molar-refractivity contribution is 0.0698. The van der Waals surface area contributed by atoms with Crippen LogP contribution >= 0.6 is 15.9 Å². The zero-order chi connectivity index (χ0) is 11.7.